The molecule has 1 aromatic heterocycles. The number of hydrogen-bond donors (Lipinski definition) is 3. The van der Waals surface area contributed by atoms with Crippen LogP contribution in [0.25, 0.3) is 0 Å². The zero-order valence-electron chi connectivity index (χ0n) is 15.3. The molecule has 1 aliphatic heterocycles. The van der Waals surface area contributed by atoms with Crippen molar-refractivity contribution in [2.75, 3.05) is 37.7 Å². The van der Waals surface area contributed by atoms with E-state index in [1.165, 1.54) is 11.3 Å². The largest absolute Gasteiger partial charge is 0.378 e. The third kappa shape index (κ3) is 5.40. The van der Waals surface area contributed by atoms with Gasteiger partial charge in [-0.25, -0.2) is 4.98 Å². The molecule has 10 heteroatoms. The van der Waals surface area contributed by atoms with E-state index in [0.717, 1.165) is 18.2 Å². The van der Waals surface area contributed by atoms with Crippen molar-refractivity contribution in [1.29, 1.82) is 0 Å². The van der Waals surface area contributed by atoms with Crippen molar-refractivity contribution in [2.45, 2.75) is 27.2 Å². The van der Waals surface area contributed by atoms with Crippen LogP contribution < -0.4 is 21.1 Å². The molecule has 0 aromatic carbocycles. The SMILES string of the molecule is CCC(C)C(=O)NCC(=O)NNC(=O)c1sc(N2CCOCC2)nc1C. The van der Waals surface area contributed by atoms with E-state index in [2.05, 4.69) is 26.1 Å². The first kappa shape index (κ1) is 20.1. The smallest absolute Gasteiger partial charge is 0.281 e. The van der Waals surface area contributed by atoms with Gasteiger partial charge in [0.25, 0.3) is 11.8 Å². The Morgan fingerprint density at radius 3 is 2.62 bits per heavy atom. The van der Waals surface area contributed by atoms with Crippen LogP contribution in [0.5, 0.6) is 0 Å². The Morgan fingerprint density at radius 1 is 1.27 bits per heavy atom. The fourth-order valence-corrected chi connectivity index (χ4v) is 3.25. The molecule has 1 unspecified atom stereocenters. The molecule has 1 saturated heterocycles. The minimum atomic E-state index is -0.495. The monoisotopic (exact) mass is 383 g/mol. The van der Waals surface area contributed by atoms with Crippen molar-refractivity contribution in [3.63, 3.8) is 0 Å². The molecular formula is C16H25N5O4S. The minimum absolute atomic E-state index is 0.157. The van der Waals surface area contributed by atoms with Crippen LogP contribution in [-0.2, 0) is 14.3 Å². The molecule has 3 N–H and O–H groups in total. The summed E-state index contributed by atoms with van der Waals surface area (Å²) in [5.74, 6) is -1.27. The van der Waals surface area contributed by atoms with Gasteiger partial charge < -0.3 is 15.0 Å². The number of aromatic nitrogens is 1. The number of carbonyl (C=O) groups is 3. The molecule has 1 aliphatic rings. The Bertz CT molecular complexity index is 657. The summed E-state index contributed by atoms with van der Waals surface area (Å²) < 4.78 is 5.31. The number of nitrogens with one attached hydrogen (secondary N) is 3. The van der Waals surface area contributed by atoms with E-state index in [1.54, 1.807) is 13.8 Å². The molecule has 2 rings (SSSR count). The molecule has 0 aliphatic carbocycles. The summed E-state index contributed by atoms with van der Waals surface area (Å²) in [6, 6.07) is 0. The van der Waals surface area contributed by atoms with Crippen molar-refractivity contribution >= 4 is 34.2 Å². The van der Waals surface area contributed by atoms with Crippen molar-refractivity contribution in [3.05, 3.63) is 10.6 Å². The van der Waals surface area contributed by atoms with Gasteiger partial charge in [-0.2, -0.15) is 0 Å². The maximum absolute atomic E-state index is 12.3. The molecule has 9 nitrogen and oxygen atoms in total. The zero-order chi connectivity index (χ0) is 19.1. The van der Waals surface area contributed by atoms with Gasteiger partial charge in [0.2, 0.25) is 5.91 Å². The van der Waals surface area contributed by atoms with Gasteiger partial charge in [-0.1, -0.05) is 25.2 Å². The van der Waals surface area contributed by atoms with E-state index in [1.807, 2.05) is 6.92 Å². The Balaban J connectivity index is 1.83. The van der Waals surface area contributed by atoms with Gasteiger partial charge >= 0.3 is 0 Å². The molecule has 1 aromatic rings. The number of morpholine rings is 1. The van der Waals surface area contributed by atoms with Gasteiger partial charge in [-0.15, -0.1) is 0 Å². The Kier molecular flexibility index (Phi) is 7.34. The predicted molar refractivity (Wildman–Crippen MR) is 98.0 cm³/mol. The molecule has 0 radical (unpaired) electrons. The van der Waals surface area contributed by atoms with Gasteiger partial charge in [0.1, 0.15) is 4.88 Å². The summed E-state index contributed by atoms with van der Waals surface area (Å²) in [6.45, 7) is 7.99. The quantitative estimate of drug-likeness (QED) is 0.606. The summed E-state index contributed by atoms with van der Waals surface area (Å²) in [4.78, 5) is 42.6. The van der Waals surface area contributed by atoms with Crippen LogP contribution in [0.15, 0.2) is 0 Å². The van der Waals surface area contributed by atoms with Crippen LogP contribution in [0.1, 0.15) is 35.6 Å². The van der Waals surface area contributed by atoms with Gasteiger partial charge in [-0.3, -0.25) is 25.2 Å². The average Bonchev–Trinajstić information content (AvgIpc) is 3.05. The number of amides is 3. The van der Waals surface area contributed by atoms with Crippen LogP contribution in [0, 0.1) is 12.8 Å². The lowest BCUT2D eigenvalue weighted by molar-refractivity contribution is -0.128. The fourth-order valence-electron chi connectivity index (χ4n) is 2.24. The lowest BCUT2D eigenvalue weighted by Gasteiger charge is -2.25. The summed E-state index contributed by atoms with van der Waals surface area (Å²) in [5.41, 5.74) is 5.27. The fraction of sp³-hybridized carbons (Fsp3) is 0.625. The summed E-state index contributed by atoms with van der Waals surface area (Å²) in [7, 11) is 0. The van der Waals surface area contributed by atoms with Gasteiger partial charge in [0.05, 0.1) is 25.5 Å². The van der Waals surface area contributed by atoms with Crippen LogP contribution >= 0.6 is 11.3 Å². The number of ether oxygens (including phenoxy) is 1. The first-order valence-corrected chi connectivity index (χ1v) is 9.41. The normalized spacial score (nSPS) is 15.3. The maximum Gasteiger partial charge on any atom is 0.281 e. The van der Waals surface area contributed by atoms with Crippen molar-refractivity contribution in [1.82, 2.24) is 21.2 Å². The van der Waals surface area contributed by atoms with Gasteiger partial charge in [-0.05, 0) is 13.3 Å². The van der Waals surface area contributed by atoms with Crippen LogP contribution in [0.4, 0.5) is 5.13 Å². The summed E-state index contributed by atoms with van der Waals surface area (Å²) in [5, 5.41) is 3.29. The second-order valence-electron chi connectivity index (χ2n) is 6.04. The molecule has 0 spiro atoms. The summed E-state index contributed by atoms with van der Waals surface area (Å²) >= 11 is 1.28. The molecular weight excluding hydrogens is 358 g/mol. The topological polar surface area (TPSA) is 113 Å². The van der Waals surface area contributed by atoms with E-state index in [4.69, 9.17) is 4.74 Å². The number of hydrogen-bond acceptors (Lipinski definition) is 7. The van der Waals surface area contributed by atoms with Gasteiger partial charge in [0.15, 0.2) is 5.13 Å². The zero-order valence-corrected chi connectivity index (χ0v) is 16.1. The number of nitrogens with zero attached hydrogens (tertiary/aromatic N) is 2. The second kappa shape index (κ2) is 9.48. The lowest BCUT2D eigenvalue weighted by Crippen LogP contribution is -2.46. The van der Waals surface area contributed by atoms with Crippen LogP contribution in [0.2, 0.25) is 0 Å². The number of aryl methyl sites for hydroxylation is 1. The molecule has 144 valence electrons. The number of anilines is 1. The summed E-state index contributed by atoms with van der Waals surface area (Å²) in [6.07, 6.45) is 0.695. The minimum Gasteiger partial charge on any atom is -0.378 e. The highest BCUT2D eigenvalue weighted by molar-refractivity contribution is 7.17. The third-order valence-corrected chi connectivity index (χ3v) is 5.29. The van der Waals surface area contributed by atoms with Crippen LogP contribution in [-0.4, -0.2) is 55.6 Å². The first-order chi connectivity index (χ1) is 12.4. The van der Waals surface area contributed by atoms with Gasteiger partial charge in [0, 0.05) is 19.0 Å². The van der Waals surface area contributed by atoms with E-state index < -0.39 is 11.8 Å². The van der Waals surface area contributed by atoms with Crippen molar-refractivity contribution in [3.8, 4) is 0 Å². The number of hydrazine groups is 1. The van der Waals surface area contributed by atoms with E-state index >= 15 is 0 Å². The number of carbonyl (C=O) groups excluding carboxylic acids is 3. The highest BCUT2D eigenvalue weighted by atomic mass is 32.1. The Labute approximate surface area is 156 Å². The van der Waals surface area contributed by atoms with E-state index in [0.29, 0.717) is 30.2 Å². The second-order valence-corrected chi connectivity index (χ2v) is 7.02. The molecule has 1 fully saturated rings. The van der Waals surface area contributed by atoms with Crippen LogP contribution in [0.3, 0.4) is 0 Å². The molecule has 0 bridgehead atoms. The average molecular weight is 383 g/mol. The highest BCUT2D eigenvalue weighted by Crippen LogP contribution is 2.26. The third-order valence-electron chi connectivity index (χ3n) is 4.07. The lowest BCUT2D eigenvalue weighted by atomic mass is 10.1. The molecule has 2 heterocycles. The first-order valence-electron chi connectivity index (χ1n) is 8.59. The van der Waals surface area contributed by atoms with E-state index in [9.17, 15) is 14.4 Å². The standard InChI is InChI=1S/C16H25N5O4S/c1-4-10(2)14(23)17-9-12(22)19-20-15(24)13-11(3)18-16(26-13)21-5-7-25-8-6-21/h10H,4-9H2,1-3H3,(H,17,23)(H,19,22)(H,20,24). The predicted octanol–water partition coefficient (Wildman–Crippen LogP) is 0.211. The Hall–Kier alpha value is -2.20. The molecule has 1 atom stereocenters. The molecule has 26 heavy (non-hydrogen) atoms. The Morgan fingerprint density at radius 2 is 1.96 bits per heavy atom. The molecule has 0 saturated carbocycles. The van der Waals surface area contributed by atoms with Crippen molar-refractivity contribution in [2.24, 2.45) is 5.92 Å². The maximum atomic E-state index is 12.3. The molecule has 3 amide bonds. The van der Waals surface area contributed by atoms with E-state index in [-0.39, 0.29) is 18.4 Å². The van der Waals surface area contributed by atoms with Crippen molar-refractivity contribution < 1.29 is 19.1 Å². The number of thiazole rings is 1. The number of rotatable bonds is 6. The highest BCUT2D eigenvalue weighted by Gasteiger charge is 2.21.